The summed E-state index contributed by atoms with van der Waals surface area (Å²) in [6, 6.07) is 18.8. The van der Waals surface area contributed by atoms with Crippen LogP contribution in [-0.4, -0.2) is 48.3 Å². The average molecular weight is 515 g/mol. The van der Waals surface area contributed by atoms with Crippen molar-refractivity contribution in [3.63, 3.8) is 0 Å². The van der Waals surface area contributed by atoms with Crippen LogP contribution in [-0.2, 0) is 16.1 Å². The van der Waals surface area contributed by atoms with E-state index in [1.54, 1.807) is 7.11 Å². The second-order valence-electron chi connectivity index (χ2n) is 10.00. The molecule has 1 aliphatic carbocycles. The summed E-state index contributed by atoms with van der Waals surface area (Å²) in [5.74, 6) is -0.573. The van der Waals surface area contributed by atoms with E-state index in [1.165, 1.54) is 11.8 Å². The van der Waals surface area contributed by atoms with Gasteiger partial charge in [0.25, 0.3) is 11.8 Å². The topological polar surface area (TPSA) is 147 Å². The van der Waals surface area contributed by atoms with Gasteiger partial charge in [-0.2, -0.15) is 10.3 Å². The van der Waals surface area contributed by atoms with Crippen molar-refractivity contribution in [2.45, 2.75) is 44.2 Å². The molecule has 1 heterocycles. The van der Waals surface area contributed by atoms with E-state index in [0.717, 1.165) is 49.4 Å². The number of benzene rings is 2. The van der Waals surface area contributed by atoms with Crippen molar-refractivity contribution >= 4 is 17.6 Å². The Morgan fingerprint density at radius 1 is 1.16 bits per heavy atom. The maximum absolute atomic E-state index is 12.0. The second-order valence-corrected chi connectivity index (χ2v) is 10.00. The van der Waals surface area contributed by atoms with E-state index in [2.05, 4.69) is 51.6 Å². The maximum atomic E-state index is 12.0. The van der Waals surface area contributed by atoms with Crippen LogP contribution in [0.2, 0.25) is 0 Å². The van der Waals surface area contributed by atoms with Gasteiger partial charge in [0.15, 0.2) is 0 Å². The number of nitriles is 1. The molecule has 0 spiro atoms. The molecule has 1 aliphatic heterocycles. The third kappa shape index (κ3) is 6.78. The van der Waals surface area contributed by atoms with Gasteiger partial charge >= 0.3 is 0 Å². The van der Waals surface area contributed by atoms with Gasteiger partial charge in [0.05, 0.1) is 30.7 Å². The Hall–Kier alpha value is -4.16. The number of amides is 2. The average Bonchev–Trinajstić information content (AvgIpc) is 3.76. The number of carbonyl (C=O) groups is 2. The Labute approximate surface area is 223 Å². The fraction of sp³-hybridized carbons (Fsp3) is 0.379. The molecule has 38 heavy (non-hydrogen) atoms. The van der Waals surface area contributed by atoms with Crippen LogP contribution in [0.3, 0.4) is 0 Å². The minimum atomic E-state index is -0.774. The van der Waals surface area contributed by atoms with Crippen LogP contribution in [0.5, 0.6) is 5.75 Å². The molecule has 5 N–H and O–H groups in total. The highest BCUT2D eigenvalue weighted by molar-refractivity contribution is 6.21. The van der Waals surface area contributed by atoms with Gasteiger partial charge in [-0.15, -0.1) is 0 Å². The van der Waals surface area contributed by atoms with Gasteiger partial charge in [0, 0.05) is 31.8 Å². The first-order valence-corrected chi connectivity index (χ1v) is 12.8. The summed E-state index contributed by atoms with van der Waals surface area (Å²) >= 11 is 0. The predicted molar refractivity (Wildman–Crippen MR) is 146 cm³/mol. The van der Waals surface area contributed by atoms with Gasteiger partial charge in [-0.05, 0) is 54.5 Å². The number of aliphatic imine (C=N–C) groups is 1. The number of likely N-dealkylation sites (tertiary alicyclic amines) is 1. The molecule has 2 aliphatic rings. The summed E-state index contributed by atoms with van der Waals surface area (Å²) in [4.78, 5) is 30.2. The van der Waals surface area contributed by atoms with Gasteiger partial charge < -0.3 is 21.5 Å². The molecule has 0 bridgehead atoms. The fourth-order valence-corrected chi connectivity index (χ4v) is 4.62. The predicted octanol–water partition coefficient (Wildman–Crippen LogP) is 2.86. The zero-order valence-electron chi connectivity index (χ0n) is 21.7. The van der Waals surface area contributed by atoms with Crippen LogP contribution < -0.4 is 21.5 Å². The number of primary amides is 1. The van der Waals surface area contributed by atoms with Crippen LogP contribution >= 0.6 is 0 Å². The van der Waals surface area contributed by atoms with E-state index in [-0.39, 0.29) is 29.7 Å². The molecule has 1 saturated carbocycles. The summed E-state index contributed by atoms with van der Waals surface area (Å²) in [6.45, 7) is 2.35. The molecular formula is C29H34N6O3. The molecule has 4 rings (SSSR count). The van der Waals surface area contributed by atoms with Crippen molar-refractivity contribution < 1.29 is 14.3 Å². The van der Waals surface area contributed by atoms with Gasteiger partial charge in [-0.3, -0.25) is 14.5 Å². The Balaban J connectivity index is 1.38. The van der Waals surface area contributed by atoms with Gasteiger partial charge in [-0.1, -0.05) is 36.4 Å². The maximum Gasteiger partial charge on any atom is 0.253 e. The molecule has 0 aromatic heterocycles. The van der Waals surface area contributed by atoms with Crippen molar-refractivity contribution in [3.05, 3.63) is 65.9 Å². The summed E-state index contributed by atoms with van der Waals surface area (Å²) < 4.78 is 5.33. The molecule has 9 heteroatoms. The number of rotatable bonds is 10. The molecule has 2 fully saturated rings. The summed E-state index contributed by atoms with van der Waals surface area (Å²) in [7, 11) is 1.66. The first-order valence-electron chi connectivity index (χ1n) is 12.8. The molecule has 9 nitrogen and oxygen atoms in total. The van der Waals surface area contributed by atoms with Crippen molar-refractivity contribution in [3.8, 4) is 22.9 Å². The molecule has 2 aromatic carbocycles. The molecule has 2 amide bonds. The number of nitrogens with two attached hydrogens (primary N) is 2. The number of amidine groups is 1. The first-order chi connectivity index (χ1) is 18.3. The zero-order chi connectivity index (χ0) is 27.1. The van der Waals surface area contributed by atoms with E-state index >= 15 is 0 Å². The lowest BCUT2D eigenvalue weighted by Gasteiger charge is -2.41. The summed E-state index contributed by atoms with van der Waals surface area (Å²) in [5, 5.41) is 12.7. The van der Waals surface area contributed by atoms with Crippen molar-refractivity contribution in [1.29, 1.82) is 5.26 Å². The van der Waals surface area contributed by atoms with E-state index in [4.69, 9.17) is 16.2 Å². The molecular weight excluding hydrogens is 480 g/mol. The van der Waals surface area contributed by atoms with Crippen LogP contribution in [0.4, 0.5) is 0 Å². The van der Waals surface area contributed by atoms with E-state index in [1.807, 2.05) is 18.2 Å². The van der Waals surface area contributed by atoms with E-state index < -0.39 is 11.4 Å². The highest BCUT2D eigenvalue weighted by Crippen LogP contribution is 2.30. The standard InChI is InChI=1S/C29H34N6O3/c1-38-24-4-2-3-23(17-24)21-7-5-20(6-8-21)19-35-15-12-29(11-14-30,13-16-35)33-18-25(27(32)36)26(31)34-28(37)22-9-10-22/h2-8,17-18,22,33H,9-13,15-16,19H2,1H3,(H2,32,36)(H2,31,34,37)/b25-18+. The lowest BCUT2D eigenvalue weighted by Crippen LogP contribution is -2.51. The third-order valence-corrected chi connectivity index (χ3v) is 7.22. The zero-order valence-corrected chi connectivity index (χ0v) is 21.7. The largest absolute Gasteiger partial charge is 0.497 e. The normalized spacial score (nSPS) is 17.9. The van der Waals surface area contributed by atoms with E-state index in [0.29, 0.717) is 12.8 Å². The Kier molecular flexibility index (Phi) is 8.44. The molecule has 2 aromatic rings. The monoisotopic (exact) mass is 514 g/mol. The number of ether oxygens (including phenoxy) is 1. The molecule has 198 valence electrons. The van der Waals surface area contributed by atoms with Crippen molar-refractivity contribution in [1.82, 2.24) is 10.2 Å². The van der Waals surface area contributed by atoms with Crippen LogP contribution in [0.25, 0.3) is 11.1 Å². The lowest BCUT2D eigenvalue weighted by atomic mass is 9.84. The number of carbonyl (C=O) groups excluding carboxylic acids is 2. The summed E-state index contributed by atoms with van der Waals surface area (Å²) in [6.07, 6.45) is 4.66. The minimum absolute atomic E-state index is 0.0464. The smallest absolute Gasteiger partial charge is 0.253 e. The van der Waals surface area contributed by atoms with Crippen molar-refractivity contribution in [2.75, 3.05) is 20.2 Å². The number of methoxy groups -OCH3 is 1. The molecule has 0 atom stereocenters. The fourth-order valence-electron chi connectivity index (χ4n) is 4.62. The SMILES string of the molecule is COc1cccc(-c2ccc(CN3CCC(CC#N)(N/C=C(/C(N)=O)C(N)=NC(=O)C4CC4)CC3)cc2)c1. The van der Waals surface area contributed by atoms with Crippen LogP contribution in [0.1, 0.15) is 37.7 Å². The summed E-state index contributed by atoms with van der Waals surface area (Å²) in [5.41, 5.74) is 14.3. The highest BCUT2D eigenvalue weighted by Gasteiger charge is 2.34. The molecule has 0 radical (unpaired) electrons. The van der Waals surface area contributed by atoms with E-state index in [9.17, 15) is 14.9 Å². The Bertz CT molecular complexity index is 1270. The Morgan fingerprint density at radius 3 is 2.47 bits per heavy atom. The minimum Gasteiger partial charge on any atom is -0.497 e. The lowest BCUT2D eigenvalue weighted by molar-refractivity contribution is -0.118. The first kappa shape index (κ1) is 26.9. The number of piperidine rings is 1. The highest BCUT2D eigenvalue weighted by atomic mass is 16.5. The number of hydrogen-bond donors (Lipinski definition) is 3. The second kappa shape index (κ2) is 11.9. The number of hydrogen-bond acceptors (Lipinski definition) is 6. The third-order valence-electron chi connectivity index (χ3n) is 7.22. The van der Waals surface area contributed by atoms with Gasteiger partial charge in [0.1, 0.15) is 11.6 Å². The van der Waals surface area contributed by atoms with Crippen LogP contribution in [0.15, 0.2) is 65.3 Å². The van der Waals surface area contributed by atoms with Gasteiger partial charge in [-0.25, -0.2) is 0 Å². The molecule has 1 saturated heterocycles. The van der Waals surface area contributed by atoms with Crippen molar-refractivity contribution in [2.24, 2.45) is 22.4 Å². The number of nitrogens with one attached hydrogen (secondary N) is 1. The molecule has 0 unspecified atom stereocenters. The Morgan fingerprint density at radius 2 is 1.87 bits per heavy atom. The van der Waals surface area contributed by atoms with Gasteiger partial charge in [0.2, 0.25) is 0 Å². The van der Waals surface area contributed by atoms with Crippen LogP contribution in [0, 0.1) is 17.2 Å². The number of nitrogens with zero attached hydrogens (tertiary/aromatic N) is 3. The quantitative estimate of drug-likeness (QED) is 0.251.